The number of hydrogen-bond donors (Lipinski definition) is 1. The predicted octanol–water partition coefficient (Wildman–Crippen LogP) is 1.59. The van der Waals surface area contributed by atoms with Gasteiger partial charge in [-0.1, -0.05) is 6.07 Å². The van der Waals surface area contributed by atoms with E-state index in [-0.39, 0.29) is 23.2 Å². The van der Waals surface area contributed by atoms with Crippen LogP contribution in [0.25, 0.3) is 10.9 Å². The minimum atomic E-state index is -3.08. The van der Waals surface area contributed by atoms with Gasteiger partial charge in [0.25, 0.3) is 5.91 Å². The SMILES string of the molecule is Cc1cc(C)c2cc(C(=O)OCC(=O)N(C)C3CCS(=O)(=O)C3)[nH]c2c1. The number of rotatable bonds is 4. The van der Waals surface area contributed by atoms with E-state index in [1.165, 1.54) is 11.9 Å². The molecule has 1 atom stereocenters. The molecule has 1 aliphatic heterocycles. The molecule has 26 heavy (non-hydrogen) atoms. The summed E-state index contributed by atoms with van der Waals surface area (Å²) < 4.78 is 28.2. The fourth-order valence-electron chi connectivity index (χ4n) is 3.30. The van der Waals surface area contributed by atoms with E-state index in [2.05, 4.69) is 4.98 Å². The van der Waals surface area contributed by atoms with Crippen molar-refractivity contribution in [1.82, 2.24) is 9.88 Å². The van der Waals surface area contributed by atoms with Crippen LogP contribution in [0.3, 0.4) is 0 Å². The van der Waals surface area contributed by atoms with E-state index in [1.807, 2.05) is 26.0 Å². The largest absolute Gasteiger partial charge is 0.451 e. The van der Waals surface area contributed by atoms with Crippen LogP contribution in [0.15, 0.2) is 18.2 Å². The highest BCUT2D eigenvalue weighted by Crippen LogP contribution is 2.22. The third kappa shape index (κ3) is 3.75. The molecular weight excluding hydrogens is 356 g/mol. The van der Waals surface area contributed by atoms with E-state index in [0.717, 1.165) is 22.0 Å². The van der Waals surface area contributed by atoms with Crippen molar-refractivity contribution in [2.75, 3.05) is 25.2 Å². The molecule has 1 aliphatic rings. The Morgan fingerprint density at radius 3 is 2.65 bits per heavy atom. The first-order valence-corrected chi connectivity index (χ1v) is 10.2. The molecule has 0 radical (unpaired) electrons. The van der Waals surface area contributed by atoms with Crippen LogP contribution < -0.4 is 0 Å². The summed E-state index contributed by atoms with van der Waals surface area (Å²) in [5.74, 6) is -0.977. The Morgan fingerprint density at radius 2 is 2.00 bits per heavy atom. The molecule has 1 amide bonds. The van der Waals surface area contributed by atoms with Gasteiger partial charge in [0, 0.05) is 24.0 Å². The van der Waals surface area contributed by atoms with Crippen molar-refractivity contribution < 1.29 is 22.7 Å². The fraction of sp³-hybridized carbons (Fsp3) is 0.444. The molecule has 2 heterocycles. The number of aromatic nitrogens is 1. The number of benzene rings is 1. The number of fused-ring (bicyclic) bond motifs is 1. The van der Waals surface area contributed by atoms with Crippen molar-refractivity contribution in [2.24, 2.45) is 0 Å². The Balaban J connectivity index is 1.63. The summed E-state index contributed by atoms with van der Waals surface area (Å²) >= 11 is 0. The third-order valence-electron chi connectivity index (χ3n) is 4.79. The molecule has 140 valence electrons. The summed E-state index contributed by atoms with van der Waals surface area (Å²) in [4.78, 5) is 28.8. The van der Waals surface area contributed by atoms with E-state index in [0.29, 0.717) is 6.42 Å². The molecule has 0 spiro atoms. The molecule has 2 aromatic rings. The molecule has 1 saturated heterocycles. The number of ether oxygens (including phenoxy) is 1. The van der Waals surface area contributed by atoms with E-state index in [1.54, 1.807) is 6.07 Å². The number of sulfone groups is 1. The molecule has 1 N–H and O–H groups in total. The maximum atomic E-state index is 12.2. The maximum absolute atomic E-state index is 12.2. The number of esters is 1. The van der Waals surface area contributed by atoms with Crippen molar-refractivity contribution in [3.8, 4) is 0 Å². The minimum absolute atomic E-state index is 0.0379. The Bertz CT molecular complexity index is 977. The van der Waals surface area contributed by atoms with Crippen LogP contribution in [0.2, 0.25) is 0 Å². The summed E-state index contributed by atoms with van der Waals surface area (Å²) in [6.45, 7) is 3.52. The van der Waals surface area contributed by atoms with Gasteiger partial charge in [0.2, 0.25) is 0 Å². The molecule has 1 unspecified atom stereocenters. The van der Waals surface area contributed by atoms with Gasteiger partial charge in [0.05, 0.1) is 11.5 Å². The Hall–Kier alpha value is -2.35. The summed E-state index contributed by atoms with van der Waals surface area (Å²) in [5.41, 5.74) is 3.26. The molecule has 3 rings (SSSR count). The second-order valence-corrected chi connectivity index (χ2v) is 9.09. The number of nitrogens with zero attached hydrogens (tertiary/aromatic N) is 1. The van der Waals surface area contributed by atoms with E-state index in [9.17, 15) is 18.0 Å². The van der Waals surface area contributed by atoms with Crippen molar-refractivity contribution >= 4 is 32.6 Å². The van der Waals surface area contributed by atoms with Gasteiger partial charge >= 0.3 is 5.97 Å². The number of aryl methyl sites for hydroxylation is 2. The summed E-state index contributed by atoms with van der Waals surface area (Å²) in [6, 6.07) is 5.33. The van der Waals surface area contributed by atoms with Gasteiger partial charge < -0.3 is 14.6 Å². The highest BCUT2D eigenvalue weighted by Gasteiger charge is 2.33. The van der Waals surface area contributed by atoms with E-state index in [4.69, 9.17) is 4.74 Å². The minimum Gasteiger partial charge on any atom is -0.451 e. The molecule has 1 fully saturated rings. The zero-order valence-corrected chi connectivity index (χ0v) is 15.9. The highest BCUT2D eigenvalue weighted by atomic mass is 32.2. The number of carbonyl (C=O) groups is 2. The zero-order chi connectivity index (χ0) is 19.1. The van der Waals surface area contributed by atoms with Gasteiger partial charge in [-0.15, -0.1) is 0 Å². The standard InChI is InChI=1S/C18H22N2O5S/c1-11-6-12(2)14-8-16(19-15(14)7-11)18(22)25-9-17(21)20(3)13-4-5-26(23,24)10-13/h6-8,13,19H,4-5,9-10H2,1-3H3. The van der Waals surface area contributed by atoms with Crippen molar-refractivity contribution in [3.05, 3.63) is 35.0 Å². The van der Waals surface area contributed by atoms with Crippen LogP contribution in [-0.2, 0) is 19.4 Å². The quantitative estimate of drug-likeness (QED) is 0.815. The lowest BCUT2D eigenvalue weighted by atomic mass is 10.1. The van der Waals surface area contributed by atoms with Crippen LogP contribution in [0.5, 0.6) is 0 Å². The smallest absolute Gasteiger partial charge is 0.355 e. The van der Waals surface area contributed by atoms with Gasteiger partial charge in [-0.25, -0.2) is 13.2 Å². The van der Waals surface area contributed by atoms with Crippen LogP contribution in [0.4, 0.5) is 0 Å². The van der Waals surface area contributed by atoms with Crippen LogP contribution in [0, 0.1) is 13.8 Å². The second kappa shape index (κ2) is 6.75. The third-order valence-corrected chi connectivity index (χ3v) is 6.54. The molecule has 8 heteroatoms. The molecular formula is C18H22N2O5S. The highest BCUT2D eigenvalue weighted by molar-refractivity contribution is 7.91. The first kappa shape index (κ1) is 18.4. The molecule has 7 nitrogen and oxygen atoms in total. The average Bonchev–Trinajstić information content (AvgIpc) is 3.14. The van der Waals surface area contributed by atoms with Crippen molar-refractivity contribution in [3.63, 3.8) is 0 Å². The number of hydrogen-bond acceptors (Lipinski definition) is 5. The Labute approximate surface area is 152 Å². The normalized spacial score (nSPS) is 18.8. The molecule has 1 aromatic heterocycles. The summed E-state index contributed by atoms with van der Waals surface area (Å²) in [5, 5.41) is 0.933. The molecule has 0 saturated carbocycles. The van der Waals surface area contributed by atoms with Crippen molar-refractivity contribution in [1.29, 1.82) is 0 Å². The number of likely N-dealkylation sites (N-methyl/N-ethyl adjacent to an activating group) is 1. The lowest BCUT2D eigenvalue weighted by Gasteiger charge is -2.23. The Kier molecular flexibility index (Phi) is 4.79. The van der Waals surface area contributed by atoms with Gasteiger partial charge in [-0.2, -0.15) is 0 Å². The second-order valence-electron chi connectivity index (χ2n) is 6.86. The van der Waals surface area contributed by atoms with Crippen LogP contribution >= 0.6 is 0 Å². The van der Waals surface area contributed by atoms with Crippen molar-refractivity contribution in [2.45, 2.75) is 26.3 Å². The average molecular weight is 378 g/mol. The number of H-pyrrole nitrogens is 1. The number of nitrogens with one attached hydrogen (secondary N) is 1. The first-order valence-electron chi connectivity index (χ1n) is 8.39. The van der Waals surface area contributed by atoms with Crippen LogP contribution in [-0.4, -0.2) is 61.4 Å². The number of amides is 1. The predicted molar refractivity (Wildman–Crippen MR) is 97.9 cm³/mol. The number of carbonyl (C=O) groups excluding carboxylic acids is 2. The van der Waals surface area contributed by atoms with E-state index < -0.39 is 28.3 Å². The fourth-order valence-corrected chi connectivity index (χ4v) is 5.07. The Morgan fingerprint density at radius 1 is 1.27 bits per heavy atom. The van der Waals surface area contributed by atoms with Gasteiger partial charge in [0.15, 0.2) is 16.4 Å². The number of aromatic amines is 1. The monoisotopic (exact) mass is 378 g/mol. The summed E-state index contributed by atoms with van der Waals surface area (Å²) in [6.07, 6.45) is 0.416. The van der Waals surface area contributed by atoms with E-state index >= 15 is 0 Å². The lowest BCUT2D eigenvalue weighted by Crippen LogP contribution is -2.40. The molecule has 0 aliphatic carbocycles. The van der Waals surface area contributed by atoms with Gasteiger partial charge in [0.1, 0.15) is 5.69 Å². The first-order chi connectivity index (χ1) is 12.2. The summed E-state index contributed by atoms with van der Waals surface area (Å²) in [7, 11) is -1.54. The maximum Gasteiger partial charge on any atom is 0.355 e. The zero-order valence-electron chi connectivity index (χ0n) is 15.0. The van der Waals surface area contributed by atoms with Gasteiger partial charge in [-0.05, 0) is 43.5 Å². The van der Waals surface area contributed by atoms with Gasteiger partial charge in [-0.3, -0.25) is 4.79 Å². The molecule has 1 aromatic carbocycles. The lowest BCUT2D eigenvalue weighted by molar-refractivity contribution is -0.134. The topological polar surface area (TPSA) is 96.5 Å². The molecule has 0 bridgehead atoms. The van der Waals surface area contributed by atoms with Crippen LogP contribution in [0.1, 0.15) is 28.0 Å².